The van der Waals surface area contributed by atoms with Gasteiger partial charge in [-0.05, 0) is 31.2 Å². The standard InChI is InChI=1S/C12H14F3NO2/c1-2-18-10-5-3-9(4-6-10)11(17)7-16-8-12(13,14)15/h3-6,16H,2,7-8H2,1H3. The Morgan fingerprint density at radius 2 is 1.89 bits per heavy atom. The summed E-state index contributed by atoms with van der Waals surface area (Å²) in [7, 11) is 0. The van der Waals surface area contributed by atoms with Gasteiger partial charge in [-0.15, -0.1) is 0 Å². The molecule has 0 saturated carbocycles. The summed E-state index contributed by atoms with van der Waals surface area (Å²) in [6.45, 7) is 0.837. The maximum absolute atomic E-state index is 11.9. The third kappa shape index (κ3) is 5.18. The summed E-state index contributed by atoms with van der Waals surface area (Å²) in [5.74, 6) is 0.236. The van der Waals surface area contributed by atoms with Gasteiger partial charge in [-0.2, -0.15) is 13.2 Å². The van der Waals surface area contributed by atoms with Crippen LogP contribution in [0.3, 0.4) is 0 Å². The number of ether oxygens (including phenoxy) is 1. The second-order valence-electron chi connectivity index (χ2n) is 3.60. The molecule has 1 aromatic carbocycles. The van der Waals surface area contributed by atoms with Crippen LogP contribution in [0.4, 0.5) is 13.2 Å². The van der Waals surface area contributed by atoms with Crippen molar-refractivity contribution in [3.05, 3.63) is 29.8 Å². The van der Waals surface area contributed by atoms with Crippen molar-refractivity contribution in [2.45, 2.75) is 13.1 Å². The van der Waals surface area contributed by atoms with Crippen molar-refractivity contribution in [1.82, 2.24) is 5.32 Å². The summed E-state index contributed by atoms with van der Waals surface area (Å²) in [6, 6.07) is 6.28. The van der Waals surface area contributed by atoms with Crippen molar-refractivity contribution in [2.24, 2.45) is 0 Å². The molecule has 0 heterocycles. The first kappa shape index (κ1) is 14.5. The number of Topliss-reactive ketones (excluding diaryl/α,β-unsaturated/α-hetero) is 1. The first-order valence-corrected chi connectivity index (χ1v) is 5.46. The minimum Gasteiger partial charge on any atom is -0.494 e. The predicted molar refractivity (Wildman–Crippen MR) is 60.9 cm³/mol. The van der Waals surface area contributed by atoms with E-state index in [-0.39, 0.29) is 12.3 Å². The highest BCUT2D eigenvalue weighted by molar-refractivity contribution is 5.97. The summed E-state index contributed by atoms with van der Waals surface area (Å²) in [5, 5.41) is 2.06. The number of hydrogen-bond acceptors (Lipinski definition) is 3. The topological polar surface area (TPSA) is 38.3 Å². The Kier molecular flexibility index (Phi) is 5.15. The lowest BCUT2D eigenvalue weighted by Crippen LogP contribution is -2.32. The number of alkyl halides is 3. The van der Waals surface area contributed by atoms with Crippen LogP contribution in [0, 0.1) is 0 Å². The lowest BCUT2D eigenvalue weighted by atomic mass is 10.1. The fourth-order valence-electron chi connectivity index (χ4n) is 1.32. The van der Waals surface area contributed by atoms with Gasteiger partial charge in [-0.25, -0.2) is 0 Å². The second-order valence-corrected chi connectivity index (χ2v) is 3.60. The van der Waals surface area contributed by atoms with Crippen LogP contribution in [0.25, 0.3) is 0 Å². The molecule has 1 rings (SSSR count). The zero-order valence-corrected chi connectivity index (χ0v) is 9.88. The highest BCUT2D eigenvalue weighted by Crippen LogP contribution is 2.13. The van der Waals surface area contributed by atoms with Crippen molar-refractivity contribution in [3.8, 4) is 5.75 Å². The molecule has 0 aliphatic heterocycles. The summed E-state index contributed by atoms with van der Waals surface area (Å²) in [5.41, 5.74) is 0.355. The normalized spacial score (nSPS) is 11.3. The van der Waals surface area contributed by atoms with Crippen molar-refractivity contribution < 1.29 is 22.7 Å². The molecule has 0 bridgehead atoms. The van der Waals surface area contributed by atoms with Gasteiger partial charge in [-0.3, -0.25) is 4.79 Å². The van der Waals surface area contributed by atoms with E-state index >= 15 is 0 Å². The number of rotatable bonds is 6. The van der Waals surface area contributed by atoms with Crippen LogP contribution in [-0.2, 0) is 0 Å². The molecule has 18 heavy (non-hydrogen) atoms. The van der Waals surface area contributed by atoms with Crippen LogP contribution >= 0.6 is 0 Å². The zero-order chi connectivity index (χ0) is 13.6. The van der Waals surface area contributed by atoms with E-state index in [0.717, 1.165) is 0 Å². The minimum absolute atomic E-state index is 0.340. The number of carbonyl (C=O) groups is 1. The SMILES string of the molecule is CCOc1ccc(C(=O)CNCC(F)(F)F)cc1. The summed E-state index contributed by atoms with van der Waals surface area (Å²) in [4.78, 5) is 11.5. The van der Waals surface area contributed by atoms with Crippen molar-refractivity contribution in [1.29, 1.82) is 0 Å². The van der Waals surface area contributed by atoms with Crippen LogP contribution < -0.4 is 10.1 Å². The Hall–Kier alpha value is -1.56. The number of carbonyl (C=O) groups excluding carboxylic acids is 1. The van der Waals surface area contributed by atoms with E-state index in [4.69, 9.17) is 4.74 Å². The molecule has 1 aromatic rings. The van der Waals surface area contributed by atoms with E-state index in [1.165, 1.54) is 12.1 Å². The summed E-state index contributed by atoms with van der Waals surface area (Å²) in [6.07, 6.45) is -4.31. The Balaban J connectivity index is 2.46. The van der Waals surface area contributed by atoms with Gasteiger partial charge < -0.3 is 10.1 Å². The van der Waals surface area contributed by atoms with Crippen molar-refractivity contribution in [3.63, 3.8) is 0 Å². The van der Waals surface area contributed by atoms with Gasteiger partial charge in [0, 0.05) is 5.56 Å². The lowest BCUT2D eigenvalue weighted by Gasteiger charge is -2.08. The molecular formula is C12H14F3NO2. The minimum atomic E-state index is -4.31. The van der Waals surface area contributed by atoms with E-state index in [2.05, 4.69) is 5.32 Å². The third-order valence-corrected chi connectivity index (χ3v) is 2.10. The molecule has 0 unspecified atom stereocenters. The molecular weight excluding hydrogens is 247 g/mol. The van der Waals surface area contributed by atoms with Crippen LogP contribution in [-0.4, -0.2) is 31.7 Å². The van der Waals surface area contributed by atoms with Crippen LogP contribution in [0.15, 0.2) is 24.3 Å². The molecule has 1 N–H and O–H groups in total. The van der Waals surface area contributed by atoms with Gasteiger partial charge in [-0.1, -0.05) is 0 Å². The van der Waals surface area contributed by atoms with Crippen LogP contribution in [0.1, 0.15) is 17.3 Å². The molecule has 0 saturated heterocycles. The molecule has 3 nitrogen and oxygen atoms in total. The fraction of sp³-hybridized carbons (Fsp3) is 0.417. The molecule has 0 fully saturated rings. The molecule has 6 heteroatoms. The smallest absolute Gasteiger partial charge is 0.401 e. The molecule has 0 aromatic heterocycles. The molecule has 0 spiro atoms. The molecule has 0 aliphatic rings. The van der Waals surface area contributed by atoms with Gasteiger partial charge in [0.15, 0.2) is 5.78 Å². The third-order valence-electron chi connectivity index (χ3n) is 2.10. The highest BCUT2D eigenvalue weighted by atomic mass is 19.4. The quantitative estimate of drug-likeness (QED) is 0.799. The van der Waals surface area contributed by atoms with Gasteiger partial charge >= 0.3 is 6.18 Å². The molecule has 100 valence electrons. The van der Waals surface area contributed by atoms with Gasteiger partial charge in [0.2, 0.25) is 0 Å². The summed E-state index contributed by atoms with van der Waals surface area (Å²) < 4.78 is 40.8. The number of benzene rings is 1. The monoisotopic (exact) mass is 261 g/mol. The maximum atomic E-state index is 11.9. The average molecular weight is 261 g/mol. The first-order chi connectivity index (χ1) is 8.42. The average Bonchev–Trinajstić information content (AvgIpc) is 2.28. The van der Waals surface area contributed by atoms with E-state index in [0.29, 0.717) is 17.9 Å². The van der Waals surface area contributed by atoms with E-state index < -0.39 is 12.7 Å². The van der Waals surface area contributed by atoms with E-state index in [1.54, 1.807) is 12.1 Å². The Bertz CT molecular complexity index is 387. The predicted octanol–water partition coefficient (Wildman–Crippen LogP) is 2.42. The van der Waals surface area contributed by atoms with Gasteiger partial charge in [0.05, 0.1) is 19.7 Å². The summed E-state index contributed by atoms with van der Waals surface area (Å²) >= 11 is 0. The highest BCUT2D eigenvalue weighted by Gasteiger charge is 2.26. The Labute approximate surface area is 103 Å². The molecule has 0 radical (unpaired) electrons. The number of hydrogen-bond donors (Lipinski definition) is 1. The number of ketones is 1. The first-order valence-electron chi connectivity index (χ1n) is 5.46. The van der Waals surface area contributed by atoms with Crippen molar-refractivity contribution in [2.75, 3.05) is 19.7 Å². The molecule has 0 amide bonds. The second kappa shape index (κ2) is 6.39. The van der Waals surface area contributed by atoms with Gasteiger partial charge in [0.25, 0.3) is 0 Å². The lowest BCUT2D eigenvalue weighted by molar-refractivity contribution is -0.124. The van der Waals surface area contributed by atoms with Crippen molar-refractivity contribution >= 4 is 5.78 Å². The van der Waals surface area contributed by atoms with E-state index in [1.807, 2.05) is 6.92 Å². The van der Waals surface area contributed by atoms with Gasteiger partial charge in [0.1, 0.15) is 5.75 Å². The fourth-order valence-corrected chi connectivity index (χ4v) is 1.32. The Morgan fingerprint density at radius 3 is 2.39 bits per heavy atom. The largest absolute Gasteiger partial charge is 0.494 e. The van der Waals surface area contributed by atoms with Crippen LogP contribution in [0.2, 0.25) is 0 Å². The maximum Gasteiger partial charge on any atom is 0.401 e. The molecule has 0 atom stereocenters. The number of halogens is 3. The number of nitrogens with one attached hydrogen (secondary N) is 1. The molecule has 0 aliphatic carbocycles. The zero-order valence-electron chi connectivity index (χ0n) is 9.88. The van der Waals surface area contributed by atoms with E-state index in [9.17, 15) is 18.0 Å². The Morgan fingerprint density at radius 1 is 1.28 bits per heavy atom. The van der Waals surface area contributed by atoms with Crippen LogP contribution in [0.5, 0.6) is 5.75 Å².